The molecule has 3 aromatic rings. The average Bonchev–Trinajstić information content (AvgIpc) is 2.95. The summed E-state index contributed by atoms with van der Waals surface area (Å²) < 4.78 is 28.9. The van der Waals surface area contributed by atoms with Crippen molar-refractivity contribution in [2.45, 2.75) is 45.7 Å². The minimum absolute atomic E-state index is 0.155. The molecule has 1 N–H and O–H groups in total. The zero-order chi connectivity index (χ0) is 29.1. The smallest absolute Gasteiger partial charge is 0.304 e. The van der Waals surface area contributed by atoms with E-state index in [-0.39, 0.29) is 12.5 Å². The number of unbranched alkanes of at least 4 members (excludes halogenated alkanes) is 1. The molecule has 3 aromatic carbocycles. The van der Waals surface area contributed by atoms with E-state index in [1.54, 1.807) is 30.3 Å². The van der Waals surface area contributed by atoms with Crippen LogP contribution in [-0.2, 0) is 32.8 Å². The second-order valence-electron chi connectivity index (χ2n) is 9.99. The minimum atomic E-state index is -4.00. The molecule has 0 fully saturated rings. The lowest BCUT2D eigenvalue weighted by Gasteiger charge is -2.34. The predicted molar refractivity (Wildman–Crippen MR) is 160 cm³/mol. The van der Waals surface area contributed by atoms with Crippen molar-refractivity contribution in [3.05, 3.63) is 102 Å². The van der Waals surface area contributed by atoms with Gasteiger partial charge in [0, 0.05) is 33.6 Å². The molecule has 0 saturated carbocycles. The number of nitrogens with one attached hydrogen (secondary N) is 1. The summed E-state index contributed by atoms with van der Waals surface area (Å²) in [5, 5.41) is 2.99. The fourth-order valence-corrected chi connectivity index (χ4v) is 5.32. The lowest BCUT2D eigenvalue weighted by Crippen LogP contribution is -2.54. The Morgan fingerprint density at radius 1 is 0.850 bits per heavy atom. The molecule has 0 radical (unpaired) electrons. The van der Waals surface area contributed by atoms with Crippen LogP contribution >= 0.6 is 0 Å². The van der Waals surface area contributed by atoms with Crippen LogP contribution in [0.2, 0.25) is 0 Å². The van der Waals surface area contributed by atoms with Gasteiger partial charge < -0.3 is 10.2 Å². The summed E-state index contributed by atoms with van der Waals surface area (Å²) in [4.78, 5) is 29.3. The van der Waals surface area contributed by atoms with E-state index in [4.69, 9.17) is 0 Å². The van der Waals surface area contributed by atoms with Crippen LogP contribution in [0.5, 0.6) is 0 Å². The second kappa shape index (κ2) is 14.6. The van der Waals surface area contributed by atoms with Crippen molar-refractivity contribution < 1.29 is 18.0 Å². The van der Waals surface area contributed by atoms with Gasteiger partial charge >= 0.3 is 10.2 Å². The van der Waals surface area contributed by atoms with Gasteiger partial charge in [0.05, 0.1) is 5.69 Å². The highest BCUT2D eigenvalue weighted by atomic mass is 32.2. The lowest BCUT2D eigenvalue weighted by molar-refractivity contribution is -0.140. The molecular formula is C31H40N4O4S. The first-order chi connectivity index (χ1) is 19.1. The third-order valence-electron chi connectivity index (χ3n) is 6.64. The summed E-state index contributed by atoms with van der Waals surface area (Å²) in [5.41, 5.74) is 3.19. The molecule has 0 unspecified atom stereocenters. The van der Waals surface area contributed by atoms with Crippen molar-refractivity contribution in [2.24, 2.45) is 0 Å². The number of hydrogen-bond acceptors (Lipinski definition) is 4. The first-order valence-corrected chi connectivity index (χ1v) is 14.9. The fraction of sp³-hybridized carbons (Fsp3) is 0.355. The molecule has 9 heteroatoms. The molecule has 0 aliphatic rings. The summed E-state index contributed by atoms with van der Waals surface area (Å²) in [6.45, 7) is 4.23. The van der Waals surface area contributed by atoms with Crippen molar-refractivity contribution in [3.63, 3.8) is 0 Å². The molecule has 0 bridgehead atoms. The van der Waals surface area contributed by atoms with E-state index in [0.717, 1.165) is 38.1 Å². The zero-order valence-electron chi connectivity index (χ0n) is 23.8. The monoisotopic (exact) mass is 564 g/mol. The van der Waals surface area contributed by atoms with Gasteiger partial charge in [-0.1, -0.05) is 91.7 Å². The van der Waals surface area contributed by atoms with E-state index in [0.29, 0.717) is 18.7 Å². The maximum atomic E-state index is 14.2. The van der Waals surface area contributed by atoms with Crippen LogP contribution in [0.15, 0.2) is 84.9 Å². The van der Waals surface area contributed by atoms with Gasteiger partial charge in [-0.2, -0.15) is 12.7 Å². The predicted octanol–water partition coefficient (Wildman–Crippen LogP) is 4.16. The molecule has 40 heavy (non-hydrogen) atoms. The van der Waals surface area contributed by atoms with E-state index in [1.807, 2.05) is 68.4 Å². The number of benzene rings is 3. The van der Waals surface area contributed by atoms with Crippen molar-refractivity contribution in [1.82, 2.24) is 14.5 Å². The Bertz CT molecular complexity index is 1330. The Hall–Kier alpha value is -3.69. The van der Waals surface area contributed by atoms with Crippen LogP contribution < -0.4 is 9.62 Å². The van der Waals surface area contributed by atoms with E-state index in [1.165, 1.54) is 19.0 Å². The molecule has 1 atom stereocenters. The standard InChI is InChI=1S/C31H40N4O4S/c1-5-6-21-32-31(37)29(22-26-13-9-7-10-14-26)34(23-27-19-17-25(2)18-20-27)30(36)24-35(40(38,39)33(3)4)28-15-11-8-12-16-28/h7-20,29H,5-6,21-24H2,1-4H3,(H,32,37)/t29-/m0/s1. The van der Waals surface area contributed by atoms with Crippen molar-refractivity contribution in [2.75, 3.05) is 31.5 Å². The van der Waals surface area contributed by atoms with Gasteiger partial charge in [0.1, 0.15) is 12.6 Å². The van der Waals surface area contributed by atoms with Gasteiger partial charge in [0.15, 0.2) is 0 Å². The lowest BCUT2D eigenvalue weighted by atomic mass is 10.0. The quantitative estimate of drug-likeness (QED) is 0.298. The van der Waals surface area contributed by atoms with Crippen molar-refractivity contribution in [3.8, 4) is 0 Å². The summed E-state index contributed by atoms with van der Waals surface area (Å²) in [6.07, 6.45) is 2.03. The molecule has 0 aliphatic heterocycles. The number of carbonyl (C=O) groups excluding carboxylic acids is 2. The summed E-state index contributed by atoms with van der Waals surface area (Å²) in [5.74, 6) is -0.735. The molecule has 8 nitrogen and oxygen atoms in total. The van der Waals surface area contributed by atoms with Crippen LogP contribution in [-0.4, -0.2) is 62.7 Å². The van der Waals surface area contributed by atoms with Gasteiger partial charge in [-0.15, -0.1) is 0 Å². The first-order valence-electron chi connectivity index (χ1n) is 13.6. The number of carbonyl (C=O) groups is 2. The molecule has 0 spiro atoms. The summed E-state index contributed by atoms with van der Waals surface area (Å²) in [7, 11) is -1.14. The molecule has 0 heterocycles. The summed E-state index contributed by atoms with van der Waals surface area (Å²) in [6, 6.07) is 25.0. The van der Waals surface area contributed by atoms with Crippen LogP contribution in [0.1, 0.15) is 36.5 Å². The second-order valence-corrected chi connectivity index (χ2v) is 12.1. The molecule has 0 aromatic heterocycles. The first kappa shape index (κ1) is 30.8. The number of amides is 2. The minimum Gasteiger partial charge on any atom is -0.354 e. The highest BCUT2D eigenvalue weighted by Gasteiger charge is 2.34. The van der Waals surface area contributed by atoms with Gasteiger partial charge in [0.25, 0.3) is 0 Å². The SMILES string of the molecule is CCCCNC(=O)[C@H](Cc1ccccc1)N(Cc1ccc(C)cc1)C(=O)CN(c1ccccc1)S(=O)(=O)N(C)C. The number of rotatable bonds is 14. The van der Waals surface area contributed by atoms with Crippen molar-refractivity contribution in [1.29, 1.82) is 0 Å². The number of aryl methyl sites for hydroxylation is 1. The van der Waals surface area contributed by atoms with Crippen LogP contribution in [0.3, 0.4) is 0 Å². The molecule has 2 amide bonds. The highest BCUT2D eigenvalue weighted by Crippen LogP contribution is 2.21. The Morgan fingerprint density at radius 3 is 2.02 bits per heavy atom. The number of para-hydroxylation sites is 1. The highest BCUT2D eigenvalue weighted by molar-refractivity contribution is 7.90. The fourth-order valence-electron chi connectivity index (χ4n) is 4.26. The van der Waals surface area contributed by atoms with E-state index in [9.17, 15) is 18.0 Å². The largest absolute Gasteiger partial charge is 0.354 e. The Morgan fingerprint density at radius 2 is 1.45 bits per heavy atom. The van der Waals surface area contributed by atoms with Gasteiger partial charge in [-0.05, 0) is 36.6 Å². The van der Waals surface area contributed by atoms with E-state index in [2.05, 4.69) is 5.32 Å². The third kappa shape index (κ3) is 8.40. The molecule has 0 saturated heterocycles. The van der Waals surface area contributed by atoms with Crippen LogP contribution in [0.25, 0.3) is 0 Å². The van der Waals surface area contributed by atoms with Crippen molar-refractivity contribution >= 4 is 27.7 Å². The molecular weight excluding hydrogens is 524 g/mol. The third-order valence-corrected chi connectivity index (χ3v) is 8.46. The van der Waals surface area contributed by atoms with Gasteiger partial charge in [-0.3, -0.25) is 9.59 Å². The topological polar surface area (TPSA) is 90.0 Å². The maximum Gasteiger partial charge on any atom is 0.304 e. The van der Waals surface area contributed by atoms with Gasteiger partial charge in [0.2, 0.25) is 11.8 Å². The van der Waals surface area contributed by atoms with Gasteiger partial charge in [-0.25, -0.2) is 4.31 Å². The summed E-state index contributed by atoms with van der Waals surface area (Å²) >= 11 is 0. The van der Waals surface area contributed by atoms with E-state index < -0.39 is 28.7 Å². The average molecular weight is 565 g/mol. The number of anilines is 1. The van der Waals surface area contributed by atoms with Crippen LogP contribution in [0.4, 0.5) is 5.69 Å². The van der Waals surface area contributed by atoms with E-state index >= 15 is 0 Å². The molecule has 0 aliphatic carbocycles. The van der Waals surface area contributed by atoms with Crippen LogP contribution in [0, 0.1) is 6.92 Å². The Balaban J connectivity index is 2.05. The zero-order valence-corrected chi connectivity index (χ0v) is 24.6. The number of nitrogens with zero attached hydrogens (tertiary/aromatic N) is 3. The Labute approximate surface area is 238 Å². The Kier molecular flexibility index (Phi) is 11.3. The molecule has 3 rings (SSSR count). The number of hydrogen-bond donors (Lipinski definition) is 1. The normalized spacial score (nSPS) is 12.1. The molecule has 214 valence electrons. The maximum absolute atomic E-state index is 14.2.